The summed E-state index contributed by atoms with van der Waals surface area (Å²) in [6.07, 6.45) is -4.33. The fourth-order valence-electron chi connectivity index (χ4n) is 0.921. The lowest BCUT2D eigenvalue weighted by molar-refractivity contribution is -0.137. The van der Waals surface area contributed by atoms with E-state index in [1.54, 1.807) is 0 Å². The van der Waals surface area contributed by atoms with Gasteiger partial charge in [0.15, 0.2) is 0 Å². The number of alkyl halides is 4. The topological polar surface area (TPSA) is 38.4 Å². The number of amidine groups is 1. The molecule has 1 aromatic rings. The zero-order valence-electron chi connectivity index (χ0n) is 7.55. The van der Waals surface area contributed by atoms with Crippen molar-refractivity contribution >= 4 is 23.1 Å². The van der Waals surface area contributed by atoms with Gasteiger partial charge in [-0.25, -0.2) is 4.99 Å². The molecule has 6 heteroatoms. The van der Waals surface area contributed by atoms with Crippen molar-refractivity contribution in [2.24, 2.45) is 10.7 Å². The van der Waals surface area contributed by atoms with E-state index in [1.807, 2.05) is 0 Å². The second kappa shape index (κ2) is 4.53. The summed E-state index contributed by atoms with van der Waals surface area (Å²) in [5.41, 5.74) is 4.96. The monoisotopic (exact) mass is 236 g/mol. The Morgan fingerprint density at radius 3 is 2.20 bits per heavy atom. The molecule has 0 atom stereocenters. The maximum absolute atomic E-state index is 12.2. The third-order valence-electron chi connectivity index (χ3n) is 1.60. The molecule has 0 aromatic heterocycles. The lowest BCUT2D eigenvalue weighted by atomic mass is 10.2. The van der Waals surface area contributed by atoms with E-state index >= 15 is 0 Å². The molecule has 0 saturated heterocycles. The zero-order valence-corrected chi connectivity index (χ0v) is 8.31. The summed E-state index contributed by atoms with van der Waals surface area (Å²) in [4.78, 5) is 3.80. The summed E-state index contributed by atoms with van der Waals surface area (Å²) in [6.45, 7) is 0. The van der Waals surface area contributed by atoms with Crippen LogP contribution in [0.15, 0.2) is 29.3 Å². The van der Waals surface area contributed by atoms with Crippen molar-refractivity contribution in [1.29, 1.82) is 0 Å². The van der Waals surface area contributed by atoms with Crippen molar-refractivity contribution in [3.8, 4) is 0 Å². The first kappa shape index (κ1) is 11.8. The molecular weight excluding hydrogens is 229 g/mol. The predicted octanol–water partition coefficient (Wildman–Crippen LogP) is 2.93. The molecule has 0 saturated carbocycles. The number of benzene rings is 1. The van der Waals surface area contributed by atoms with Crippen LogP contribution in [0.5, 0.6) is 0 Å². The van der Waals surface area contributed by atoms with Crippen LogP contribution in [0.4, 0.5) is 18.9 Å². The van der Waals surface area contributed by atoms with Crippen LogP contribution in [0.1, 0.15) is 5.56 Å². The molecule has 2 N–H and O–H groups in total. The number of aliphatic imine (C=N–C) groups is 1. The summed E-state index contributed by atoms with van der Waals surface area (Å²) >= 11 is 5.37. The van der Waals surface area contributed by atoms with Gasteiger partial charge in [0, 0.05) is 0 Å². The molecule has 82 valence electrons. The first-order valence-corrected chi connectivity index (χ1v) is 4.53. The Morgan fingerprint density at radius 1 is 1.27 bits per heavy atom. The Bertz CT molecular complexity index is 357. The highest BCUT2D eigenvalue weighted by Crippen LogP contribution is 2.30. The fraction of sp³-hybridized carbons (Fsp3) is 0.222. The molecule has 0 unspecified atom stereocenters. The molecule has 2 nitrogen and oxygen atoms in total. The van der Waals surface area contributed by atoms with Crippen LogP contribution in [0.25, 0.3) is 0 Å². The van der Waals surface area contributed by atoms with Crippen LogP contribution in [-0.2, 0) is 6.18 Å². The van der Waals surface area contributed by atoms with Crippen molar-refractivity contribution in [3.05, 3.63) is 29.8 Å². The zero-order chi connectivity index (χ0) is 11.5. The molecule has 0 radical (unpaired) electrons. The van der Waals surface area contributed by atoms with Crippen molar-refractivity contribution < 1.29 is 13.2 Å². The number of nitrogens with two attached hydrogens (primary N) is 1. The summed E-state index contributed by atoms with van der Waals surface area (Å²) in [5, 5.41) is 0. The first-order valence-electron chi connectivity index (χ1n) is 4.00. The quantitative estimate of drug-likeness (QED) is 0.479. The highest BCUT2D eigenvalue weighted by molar-refractivity contribution is 6.28. The third kappa shape index (κ3) is 3.43. The lowest BCUT2D eigenvalue weighted by Crippen LogP contribution is -2.12. The number of rotatable bonds is 2. The molecule has 15 heavy (non-hydrogen) atoms. The molecule has 1 aromatic carbocycles. The number of halogens is 4. The Balaban J connectivity index is 2.91. The number of hydrogen-bond donors (Lipinski definition) is 1. The highest BCUT2D eigenvalue weighted by Gasteiger charge is 2.29. The van der Waals surface area contributed by atoms with Gasteiger partial charge in [0.05, 0.1) is 17.1 Å². The van der Waals surface area contributed by atoms with Gasteiger partial charge >= 0.3 is 6.18 Å². The normalized spacial score (nSPS) is 12.9. The van der Waals surface area contributed by atoms with Gasteiger partial charge in [0.2, 0.25) is 0 Å². The van der Waals surface area contributed by atoms with Gasteiger partial charge in [-0.2, -0.15) is 13.2 Å². The molecule has 0 amide bonds. The van der Waals surface area contributed by atoms with Crippen molar-refractivity contribution in [3.63, 3.8) is 0 Å². The van der Waals surface area contributed by atoms with Crippen molar-refractivity contribution in [2.75, 3.05) is 5.88 Å². The average molecular weight is 237 g/mol. The summed E-state index contributed by atoms with van der Waals surface area (Å²) in [5.74, 6) is 0.206. The van der Waals surface area contributed by atoms with E-state index in [2.05, 4.69) is 4.99 Å². The van der Waals surface area contributed by atoms with Gasteiger partial charge in [-0.15, -0.1) is 11.6 Å². The minimum Gasteiger partial charge on any atom is -0.386 e. The minimum absolute atomic E-state index is 0.0427. The molecule has 0 aliphatic rings. The number of hydrogen-bond acceptors (Lipinski definition) is 1. The van der Waals surface area contributed by atoms with E-state index in [1.165, 1.54) is 12.1 Å². The highest BCUT2D eigenvalue weighted by atomic mass is 35.5. The van der Waals surface area contributed by atoms with E-state index in [9.17, 15) is 13.2 Å². The predicted molar refractivity (Wildman–Crippen MR) is 53.4 cm³/mol. The van der Waals surface area contributed by atoms with Crippen LogP contribution >= 0.6 is 11.6 Å². The number of nitrogens with zero attached hydrogens (tertiary/aromatic N) is 1. The lowest BCUT2D eigenvalue weighted by Gasteiger charge is -2.05. The molecule has 0 aliphatic carbocycles. The smallest absolute Gasteiger partial charge is 0.386 e. The van der Waals surface area contributed by atoms with Crippen LogP contribution in [0, 0.1) is 0 Å². The fourth-order valence-corrected chi connectivity index (χ4v) is 0.980. The molecule has 0 heterocycles. The molecular formula is C9H8ClF3N2. The Hall–Kier alpha value is -1.23. The maximum Gasteiger partial charge on any atom is 0.416 e. The van der Waals surface area contributed by atoms with E-state index in [4.69, 9.17) is 17.3 Å². The van der Waals surface area contributed by atoms with Crippen LogP contribution < -0.4 is 5.73 Å². The van der Waals surface area contributed by atoms with Gasteiger partial charge in [-0.05, 0) is 24.3 Å². The van der Waals surface area contributed by atoms with E-state index in [0.717, 1.165) is 12.1 Å². The van der Waals surface area contributed by atoms with Gasteiger partial charge in [-0.1, -0.05) is 0 Å². The summed E-state index contributed by atoms with van der Waals surface area (Å²) < 4.78 is 36.5. The van der Waals surface area contributed by atoms with Gasteiger partial charge in [0.1, 0.15) is 5.84 Å². The van der Waals surface area contributed by atoms with E-state index in [-0.39, 0.29) is 11.7 Å². The first-order chi connectivity index (χ1) is 6.93. The molecule has 1 rings (SSSR count). The molecule has 0 bridgehead atoms. The third-order valence-corrected chi connectivity index (χ3v) is 1.88. The van der Waals surface area contributed by atoms with Crippen LogP contribution in [-0.4, -0.2) is 11.7 Å². The van der Waals surface area contributed by atoms with Gasteiger partial charge in [0.25, 0.3) is 0 Å². The Morgan fingerprint density at radius 2 is 1.80 bits per heavy atom. The standard InChI is InChI=1S/C9H8ClF3N2/c10-5-8(14)15-7-3-1-6(2-4-7)9(11,12)13/h1-4H,5H2,(H2,14,15). The Labute approximate surface area is 89.6 Å². The minimum atomic E-state index is -4.33. The molecule has 0 spiro atoms. The summed E-state index contributed by atoms with van der Waals surface area (Å²) in [7, 11) is 0. The van der Waals surface area contributed by atoms with Gasteiger partial charge < -0.3 is 5.73 Å². The molecule has 0 aliphatic heterocycles. The van der Waals surface area contributed by atoms with Crippen molar-refractivity contribution in [1.82, 2.24) is 0 Å². The average Bonchev–Trinajstić information content (AvgIpc) is 2.17. The van der Waals surface area contributed by atoms with E-state index < -0.39 is 11.7 Å². The van der Waals surface area contributed by atoms with Gasteiger partial charge in [-0.3, -0.25) is 0 Å². The van der Waals surface area contributed by atoms with E-state index in [0.29, 0.717) is 5.69 Å². The van der Waals surface area contributed by atoms with Crippen LogP contribution in [0.3, 0.4) is 0 Å². The van der Waals surface area contributed by atoms with Crippen molar-refractivity contribution in [2.45, 2.75) is 6.18 Å². The summed E-state index contributed by atoms with van der Waals surface area (Å²) in [6, 6.07) is 4.37. The second-order valence-electron chi connectivity index (χ2n) is 2.78. The SMILES string of the molecule is NC(CCl)=Nc1ccc(C(F)(F)F)cc1. The van der Waals surface area contributed by atoms with Crippen LogP contribution in [0.2, 0.25) is 0 Å². The maximum atomic E-state index is 12.2. The second-order valence-corrected chi connectivity index (χ2v) is 3.05. The molecule has 0 fully saturated rings. The Kier molecular flexibility index (Phi) is 3.57. The largest absolute Gasteiger partial charge is 0.416 e.